The number of hydrogen-bond donors (Lipinski definition) is 1. The molecule has 2 bridgehead atoms. The second-order valence-corrected chi connectivity index (χ2v) is 8.83. The van der Waals surface area contributed by atoms with Crippen molar-refractivity contribution in [3.05, 3.63) is 29.8 Å². The molecular weight excluding hydrogens is 336 g/mol. The molecule has 1 saturated heterocycles. The van der Waals surface area contributed by atoms with Crippen LogP contribution in [0.2, 0.25) is 0 Å². The summed E-state index contributed by atoms with van der Waals surface area (Å²) < 4.78 is 5.31. The van der Waals surface area contributed by atoms with Crippen molar-refractivity contribution >= 4 is 5.91 Å². The predicted molar refractivity (Wildman–Crippen MR) is 108 cm³/mol. The fourth-order valence-electron chi connectivity index (χ4n) is 5.66. The maximum atomic E-state index is 12.6. The van der Waals surface area contributed by atoms with Crippen LogP contribution >= 0.6 is 0 Å². The van der Waals surface area contributed by atoms with Gasteiger partial charge in [0.2, 0.25) is 5.91 Å². The van der Waals surface area contributed by atoms with Crippen LogP contribution in [0.4, 0.5) is 0 Å². The number of benzene rings is 1. The number of methoxy groups -OCH3 is 1. The molecule has 1 aliphatic heterocycles. The number of carbonyl (C=O) groups excluding carboxylic acids is 1. The summed E-state index contributed by atoms with van der Waals surface area (Å²) in [6, 6.07) is 8.63. The first kappa shape index (κ1) is 18.8. The normalized spacial score (nSPS) is 28.9. The molecular formula is C23H34N2O2. The zero-order valence-electron chi connectivity index (χ0n) is 16.7. The Balaban J connectivity index is 1.36. The van der Waals surface area contributed by atoms with Crippen LogP contribution in [-0.2, 0) is 4.79 Å². The number of likely N-dealkylation sites (tertiary alicyclic amines) is 1. The molecule has 4 atom stereocenters. The van der Waals surface area contributed by atoms with Gasteiger partial charge in [0.15, 0.2) is 0 Å². The second-order valence-electron chi connectivity index (χ2n) is 8.83. The van der Waals surface area contributed by atoms with E-state index in [-0.39, 0.29) is 11.9 Å². The first-order valence-electron chi connectivity index (χ1n) is 10.9. The van der Waals surface area contributed by atoms with Crippen LogP contribution < -0.4 is 10.1 Å². The van der Waals surface area contributed by atoms with E-state index in [0.717, 1.165) is 37.1 Å². The lowest BCUT2D eigenvalue weighted by atomic mass is 9.86. The van der Waals surface area contributed by atoms with E-state index in [1.54, 1.807) is 7.11 Å². The highest BCUT2D eigenvalue weighted by Gasteiger charge is 2.40. The molecule has 148 valence electrons. The monoisotopic (exact) mass is 370 g/mol. The highest BCUT2D eigenvalue weighted by molar-refractivity contribution is 5.76. The lowest BCUT2D eigenvalue weighted by molar-refractivity contribution is -0.122. The zero-order valence-corrected chi connectivity index (χ0v) is 16.7. The molecule has 1 aromatic rings. The van der Waals surface area contributed by atoms with Crippen LogP contribution in [0.1, 0.15) is 63.0 Å². The Hall–Kier alpha value is -1.55. The SMILES string of the molecule is COc1ccc(C(CNC(=O)CC2CC3CCC2C3)N2CCCCC2)cc1. The lowest BCUT2D eigenvalue weighted by Crippen LogP contribution is -2.41. The second kappa shape index (κ2) is 8.64. The van der Waals surface area contributed by atoms with Gasteiger partial charge in [0, 0.05) is 13.0 Å². The minimum absolute atomic E-state index is 0.253. The number of amides is 1. The molecule has 27 heavy (non-hydrogen) atoms. The van der Waals surface area contributed by atoms with Gasteiger partial charge in [-0.15, -0.1) is 0 Å². The van der Waals surface area contributed by atoms with Gasteiger partial charge in [0.05, 0.1) is 13.2 Å². The van der Waals surface area contributed by atoms with Crippen molar-refractivity contribution in [2.45, 2.75) is 57.4 Å². The molecule has 3 aliphatic rings. The number of nitrogens with zero attached hydrogens (tertiary/aromatic N) is 1. The predicted octanol–water partition coefficient (Wildman–Crippen LogP) is 4.16. The van der Waals surface area contributed by atoms with Crippen molar-refractivity contribution in [1.29, 1.82) is 0 Å². The van der Waals surface area contributed by atoms with Crippen LogP contribution in [0.3, 0.4) is 0 Å². The molecule has 2 aliphatic carbocycles. The fourth-order valence-corrected chi connectivity index (χ4v) is 5.66. The number of hydrogen-bond acceptors (Lipinski definition) is 3. The first-order valence-corrected chi connectivity index (χ1v) is 10.9. The third-order valence-corrected chi connectivity index (χ3v) is 7.16. The average molecular weight is 371 g/mol. The van der Waals surface area contributed by atoms with Crippen LogP contribution in [0, 0.1) is 17.8 Å². The van der Waals surface area contributed by atoms with E-state index in [1.807, 2.05) is 12.1 Å². The Bertz CT molecular complexity index is 624. The van der Waals surface area contributed by atoms with Crippen molar-refractivity contribution in [3.8, 4) is 5.75 Å². The summed E-state index contributed by atoms with van der Waals surface area (Å²) >= 11 is 0. The number of nitrogens with one attached hydrogen (secondary N) is 1. The van der Waals surface area contributed by atoms with Gasteiger partial charge in [-0.05, 0) is 80.6 Å². The molecule has 2 saturated carbocycles. The van der Waals surface area contributed by atoms with Gasteiger partial charge >= 0.3 is 0 Å². The molecule has 0 radical (unpaired) electrons. The van der Waals surface area contributed by atoms with Crippen LogP contribution in [0.15, 0.2) is 24.3 Å². The Morgan fingerprint density at radius 1 is 1.15 bits per heavy atom. The van der Waals surface area contributed by atoms with Crippen molar-refractivity contribution < 1.29 is 9.53 Å². The quantitative estimate of drug-likeness (QED) is 0.783. The van der Waals surface area contributed by atoms with Crippen LogP contribution in [-0.4, -0.2) is 37.6 Å². The van der Waals surface area contributed by atoms with E-state index in [2.05, 4.69) is 22.3 Å². The number of rotatable bonds is 7. The molecule has 1 heterocycles. The summed E-state index contributed by atoms with van der Waals surface area (Å²) in [5, 5.41) is 3.28. The highest BCUT2D eigenvalue weighted by Crippen LogP contribution is 2.49. The lowest BCUT2D eigenvalue weighted by Gasteiger charge is -2.35. The third kappa shape index (κ3) is 4.48. The number of piperidine rings is 1. The van der Waals surface area contributed by atoms with Gasteiger partial charge in [0.25, 0.3) is 0 Å². The van der Waals surface area contributed by atoms with Gasteiger partial charge in [-0.1, -0.05) is 25.0 Å². The molecule has 3 fully saturated rings. The minimum Gasteiger partial charge on any atom is -0.497 e. The van der Waals surface area contributed by atoms with Crippen molar-refractivity contribution in [2.75, 3.05) is 26.7 Å². The first-order chi connectivity index (χ1) is 13.2. The van der Waals surface area contributed by atoms with Crippen molar-refractivity contribution in [2.24, 2.45) is 17.8 Å². The van der Waals surface area contributed by atoms with Gasteiger partial charge in [0.1, 0.15) is 5.75 Å². The topological polar surface area (TPSA) is 41.6 Å². The molecule has 4 heteroatoms. The Morgan fingerprint density at radius 3 is 2.56 bits per heavy atom. The fraction of sp³-hybridized carbons (Fsp3) is 0.696. The van der Waals surface area contributed by atoms with E-state index < -0.39 is 0 Å². The van der Waals surface area contributed by atoms with E-state index in [0.29, 0.717) is 12.5 Å². The standard InChI is InChI=1S/C23H34N2O2/c1-27-21-9-7-18(8-10-21)22(25-11-3-2-4-12-25)16-24-23(26)15-20-14-17-5-6-19(20)13-17/h7-10,17,19-20,22H,2-6,11-16H2,1H3,(H,24,26). The summed E-state index contributed by atoms with van der Waals surface area (Å²) in [4.78, 5) is 15.2. The molecule has 4 unspecified atom stereocenters. The number of fused-ring (bicyclic) bond motifs is 2. The molecule has 4 rings (SSSR count). The average Bonchev–Trinajstić information content (AvgIpc) is 3.32. The zero-order chi connectivity index (χ0) is 18.6. The molecule has 1 aromatic carbocycles. The number of ether oxygens (including phenoxy) is 1. The molecule has 1 amide bonds. The third-order valence-electron chi connectivity index (χ3n) is 7.16. The molecule has 0 spiro atoms. The van der Waals surface area contributed by atoms with Gasteiger partial charge in [-0.2, -0.15) is 0 Å². The maximum absolute atomic E-state index is 12.6. The van der Waals surface area contributed by atoms with Crippen LogP contribution in [0.25, 0.3) is 0 Å². The van der Waals surface area contributed by atoms with E-state index in [4.69, 9.17) is 4.74 Å². The summed E-state index contributed by atoms with van der Waals surface area (Å²) in [6.45, 7) is 2.96. The number of carbonyl (C=O) groups is 1. The smallest absolute Gasteiger partial charge is 0.220 e. The summed E-state index contributed by atoms with van der Waals surface area (Å²) in [7, 11) is 1.70. The maximum Gasteiger partial charge on any atom is 0.220 e. The molecule has 4 nitrogen and oxygen atoms in total. The van der Waals surface area contributed by atoms with Gasteiger partial charge in [-0.25, -0.2) is 0 Å². The van der Waals surface area contributed by atoms with E-state index >= 15 is 0 Å². The summed E-state index contributed by atoms with van der Waals surface area (Å²) in [5.41, 5.74) is 1.28. The molecule has 1 N–H and O–H groups in total. The van der Waals surface area contributed by atoms with Crippen LogP contribution in [0.5, 0.6) is 5.75 Å². The van der Waals surface area contributed by atoms with Crippen molar-refractivity contribution in [3.63, 3.8) is 0 Å². The Kier molecular flexibility index (Phi) is 6.01. The van der Waals surface area contributed by atoms with E-state index in [1.165, 1.54) is 50.5 Å². The van der Waals surface area contributed by atoms with Gasteiger partial charge < -0.3 is 10.1 Å². The summed E-state index contributed by atoms with van der Waals surface area (Å²) in [6.07, 6.45) is 9.98. The Labute approximate surface area is 163 Å². The van der Waals surface area contributed by atoms with Gasteiger partial charge in [-0.3, -0.25) is 9.69 Å². The largest absolute Gasteiger partial charge is 0.497 e. The minimum atomic E-state index is 0.253. The highest BCUT2D eigenvalue weighted by atomic mass is 16.5. The summed E-state index contributed by atoms with van der Waals surface area (Å²) in [5.74, 6) is 3.51. The Morgan fingerprint density at radius 2 is 1.93 bits per heavy atom. The van der Waals surface area contributed by atoms with Crippen molar-refractivity contribution in [1.82, 2.24) is 10.2 Å². The van der Waals surface area contributed by atoms with E-state index in [9.17, 15) is 4.79 Å². The molecule has 0 aromatic heterocycles.